The summed E-state index contributed by atoms with van der Waals surface area (Å²) in [6.07, 6.45) is 6.39. The molecule has 0 spiro atoms. The van der Waals surface area contributed by atoms with Crippen LogP contribution >= 0.6 is 0 Å². The van der Waals surface area contributed by atoms with Crippen molar-refractivity contribution in [1.29, 1.82) is 0 Å². The van der Waals surface area contributed by atoms with E-state index in [1.807, 2.05) is 11.5 Å². The summed E-state index contributed by atoms with van der Waals surface area (Å²) >= 11 is 0. The van der Waals surface area contributed by atoms with Gasteiger partial charge in [-0.25, -0.2) is 15.0 Å². The van der Waals surface area contributed by atoms with Gasteiger partial charge in [-0.15, -0.1) is 0 Å². The lowest BCUT2D eigenvalue weighted by Gasteiger charge is -2.14. The summed E-state index contributed by atoms with van der Waals surface area (Å²) < 4.78 is 1.96. The number of imidazole rings is 1. The number of nitrogens with zero attached hydrogens (tertiary/aromatic N) is 4. The Kier molecular flexibility index (Phi) is 3.56. The molecule has 0 unspecified atom stereocenters. The second-order valence-corrected chi connectivity index (χ2v) is 4.31. The summed E-state index contributed by atoms with van der Waals surface area (Å²) in [6.45, 7) is 4.99. The van der Waals surface area contributed by atoms with Gasteiger partial charge < -0.3 is 5.73 Å². The van der Waals surface area contributed by atoms with Crippen molar-refractivity contribution in [3.8, 4) is 11.5 Å². The fourth-order valence-electron chi connectivity index (χ4n) is 2.02. The number of hydrogen-bond donors (Lipinski definition) is 1. The molecule has 0 atom stereocenters. The molecule has 0 bridgehead atoms. The molecule has 0 fully saturated rings. The number of anilines is 1. The highest BCUT2D eigenvalue weighted by molar-refractivity contribution is 5.56. The van der Waals surface area contributed by atoms with E-state index in [1.165, 1.54) is 19.3 Å². The number of nitrogens with two attached hydrogens (primary N) is 1. The van der Waals surface area contributed by atoms with Crippen LogP contribution in [0.5, 0.6) is 0 Å². The summed E-state index contributed by atoms with van der Waals surface area (Å²) in [6, 6.07) is 0. The quantitative estimate of drug-likeness (QED) is 0.804. The van der Waals surface area contributed by atoms with Crippen LogP contribution in [0.1, 0.15) is 38.3 Å². The lowest BCUT2D eigenvalue weighted by molar-refractivity contribution is 0.579. The van der Waals surface area contributed by atoms with Gasteiger partial charge in [-0.05, 0) is 13.3 Å². The molecule has 2 N–H and O–H groups in total. The number of hydrogen-bond acceptors (Lipinski definition) is 4. The van der Waals surface area contributed by atoms with Crippen molar-refractivity contribution in [3.63, 3.8) is 0 Å². The van der Waals surface area contributed by atoms with Crippen LogP contribution in [0.25, 0.3) is 11.5 Å². The zero-order chi connectivity index (χ0) is 12.3. The summed E-state index contributed by atoms with van der Waals surface area (Å²) in [5, 5.41) is 0. The van der Waals surface area contributed by atoms with Gasteiger partial charge in [0.15, 0.2) is 5.82 Å². The molecule has 2 aliphatic heterocycles. The van der Waals surface area contributed by atoms with E-state index in [0.717, 1.165) is 30.2 Å². The van der Waals surface area contributed by atoms with Crippen molar-refractivity contribution in [1.82, 2.24) is 19.5 Å². The summed E-state index contributed by atoms with van der Waals surface area (Å²) in [7, 11) is 0. The number of nitrogen functional groups attached to an aromatic ring is 1. The van der Waals surface area contributed by atoms with Crippen LogP contribution in [0, 0.1) is 6.92 Å². The van der Waals surface area contributed by atoms with E-state index in [4.69, 9.17) is 5.73 Å². The molecule has 92 valence electrons. The maximum atomic E-state index is 5.95. The molecule has 5 heteroatoms. The molecule has 0 aromatic carbocycles. The van der Waals surface area contributed by atoms with Crippen LogP contribution in [0.4, 0.5) is 5.95 Å². The molecule has 0 radical (unpaired) electrons. The van der Waals surface area contributed by atoms with Gasteiger partial charge >= 0.3 is 0 Å². The standard InChI is InChI=1S/C12H19N5/c1-3-4-5-6-7-17-11-10(14-8-15-11)9(2)16-12(17)13/h8H,3-7H2,1-2H3,(H2,13,16). The van der Waals surface area contributed by atoms with E-state index in [2.05, 4.69) is 21.9 Å². The molecule has 0 aromatic rings. The summed E-state index contributed by atoms with van der Waals surface area (Å²) in [5.74, 6) is 1.39. The van der Waals surface area contributed by atoms with Gasteiger partial charge in [-0.1, -0.05) is 26.2 Å². The van der Waals surface area contributed by atoms with Gasteiger partial charge in [0.1, 0.15) is 12.0 Å². The van der Waals surface area contributed by atoms with Gasteiger partial charge in [0.2, 0.25) is 5.95 Å². The monoisotopic (exact) mass is 233 g/mol. The van der Waals surface area contributed by atoms with Crippen molar-refractivity contribution in [2.75, 3.05) is 5.73 Å². The first kappa shape index (κ1) is 11.8. The number of aryl methyl sites for hydroxylation is 1. The zero-order valence-electron chi connectivity index (χ0n) is 10.5. The van der Waals surface area contributed by atoms with Crippen LogP contribution in [0.3, 0.4) is 0 Å². The van der Waals surface area contributed by atoms with E-state index in [-0.39, 0.29) is 0 Å². The van der Waals surface area contributed by atoms with Crippen molar-refractivity contribution in [2.24, 2.45) is 0 Å². The Hall–Kier alpha value is -1.65. The SMILES string of the molecule is CCCCCCn1c(N)nc(C)c2ncnc1-2. The largest absolute Gasteiger partial charge is 0.369 e. The number of aromatic nitrogens is 4. The third-order valence-electron chi connectivity index (χ3n) is 2.97. The van der Waals surface area contributed by atoms with Gasteiger partial charge in [-0.3, -0.25) is 4.57 Å². The number of unbranched alkanes of at least 4 members (excludes halogenated alkanes) is 3. The van der Waals surface area contributed by atoms with E-state index in [9.17, 15) is 0 Å². The Morgan fingerprint density at radius 3 is 2.82 bits per heavy atom. The highest BCUT2D eigenvalue weighted by atomic mass is 15.2. The lowest BCUT2D eigenvalue weighted by Crippen LogP contribution is -2.13. The Balaban J connectivity index is 2.19. The minimum absolute atomic E-state index is 0.534. The molecule has 0 aliphatic carbocycles. The molecule has 2 aliphatic rings. The van der Waals surface area contributed by atoms with Crippen molar-refractivity contribution < 1.29 is 0 Å². The highest BCUT2D eigenvalue weighted by Gasteiger charge is 2.16. The normalized spacial score (nSPS) is 11.2. The fraction of sp³-hybridized carbons (Fsp3) is 0.583. The number of fused-ring (bicyclic) bond motifs is 1. The van der Waals surface area contributed by atoms with Crippen LogP contribution < -0.4 is 5.73 Å². The van der Waals surface area contributed by atoms with Gasteiger partial charge in [-0.2, -0.15) is 0 Å². The molecular weight excluding hydrogens is 214 g/mol. The molecule has 5 nitrogen and oxygen atoms in total. The topological polar surface area (TPSA) is 69.6 Å². The second-order valence-electron chi connectivity index (χ2n) is 4.31. The van der Waals surface area contributed by atoms with Crippen LogP contribution in [-0.2, 0) is 6.54 Å². The van der Waals surface area contributed by atoms with E-state index in [1.54, 1.807) is 6.33 Å². The third-order valence-corrected chi connectivity index (χ3v) is 2.97. The molecule has 2 rings (SSSR count). The van der Waals surface area contributed by atoms with E-state index < -0.39 is 0 Å². The average molecular weight is 233 g/mol. The van der Waals surface area contributed by atoms with Crippen LogP contribution in [0.2, 0.25) is 0 Å². The fourth-order valence-corrected chi connectivity index (χ4v) is 2.02. The van der Waals surface area contributed by atoms with Gasteiger partial charge in [0.25, 0.3) is 0 Å². The number of rotatable bonds is 5. The lowest BCUT2D eigenvalue weighted by atomic mass is 10.2. The Labute approximate surface area is 101 Å². The van der Waals surface area contributed by atoms with E-state index >= 15 is 0 Å². The van der Waals surface area contributed by atoms with Crippen molar-refractivity contribution >= 4 is 5.95 Å². The third kappa shape index (κ3) is 2.38. The minimum Gasteiger partial charge on any atom is -0.369 e. The predicted molar refractivity (Wildman–Crippen MR) is 67.7 cm³/mol. The van der Waals surface area contributed by atoms with Gasteiger partial charge in [0.05, 0.1) is 5.69 Å². The predicted octanol–water partition coefficient (Wildman–Crippen LogP) is 2.25. The Morgan fingerprint density at radius 1 is 1.24 bits per heavy atom. The first-order valence-corrected chi connectivity index (χ1v) is 6.17. The maximum absolute atomic E-state index is 5.95. The van der Waals surface area contributed by atoms with E-state index in [0.29, 0.717) is 5.95 Å². The molecule has 0 amide bonds. The highest BCUT2D eigenvalue weighted by Crippen LogP contribution is 2.23. The maximum Gasteiger partial charge on any atom is 0.202 e. The molecule has 0 saturated heterocycles. The van der Waals surface area contributed by atoms with Crippen LogP contribution in [0.15, 0.2) is 6.33 Å². The first-order valence-electron chi connectivity index (χ1n) is 6.17. The summed E-state index contributed by atoms with van der Waals surface area (Å²) in [4.78, 5) is 12.8. The molecule has 0 saturated carbocycles. The van der Waals surface area contributed by atoms with Crippen molar-refractivity contribution in [3.05, 3.63) is 12.0 Å². The second kappa shape index (κ2) is 5.12. The Bertz CT molecular complexity index is 462. The zero-order valence-corrected chi connectivity index (χ0v) is 10.5. The summed E-state index contributed by atoms with van der Waals surface area (Å²) in [5.41, 5.74) is 7.65. The van der Waals surface area contributed by atoms with Gasteiger partial charge in [0, 0.05) is 6.54 Å². The minimum atomic E-state index is 0.534. The Morgan fingerprint density at radius 2 is 2.06 bits per heavy atom. The average Bonchev–Trinajstić information content (AvgIpc) is 2.77. The smallest absolute Gasteiger partial charge is 0.202 e. The van der Waals surface area contributed by atoms with Crippen molar-refractivity contribution in [2.45, 2.75) is 46.1 Å². The van der Waals surface area contributed by atoms with Crippen LogP contribution in [-0.4, -0.2) is 19.5 Å². The molecule has 17 heavy (non-hydrogen) atoms. The molecule has 2 heterocycles. The molecular formula is C12H19N5. The molecule has 0 aromatic heterocycles. The first-order chi connectivity index (χ1) is 8.24.